The molecule has 0 atom stereocenters. The maximum absolute atomic E-state index is 5.92. The van der Waals surface area contributed by atoms with Gasteiger partial charge in [0.25, 0.3) is 0 Å². The zero-order chi connectivity index (χ0) is 10.4. The third-order valence-electron chi connectivity index (χ3n) is 2.69. The average Bonchev–Trinajstić information content (AvgIpc) is 2.60. The Kier molecular flexibility index (Phi) is 1.73. The molecule has 0 aliphatic rings. The van der Waals surface area contributed by atoms with Crippen LogP contribution in [0.4, 0.5) is 0 Å². The number of aromatic nitrogens is 2. The molecule has 0 fully saturated rings. The minimum absolute atomic E-state index is 0.720. The fourth-order valence-corrected chi connectivity index (χ4v) is 2.05. The number of nitrogens with one attached hydrogen (secondary N) is 1. The van der Waals surface area contributed by atoms with Crippen LogP contribution in [-0.2, 0) is 0 Å². The summed E-state index contributed by atoms with van der Waals surface area (Å²) in [5.74, 6) is 0. The highest BCUT2D eigenvalue weighted by atomic mass is 35.5. The number of hydrogen-bond donors (Lipinski definition) is 1. The van der Waals surface area contributed by atoms with Gasteiger partial charge in [-0.25, -0.2) is 0 Å². The van der Waals surface area contributed by atoms with Crippen LogP contribution in [0.5, 0.6) is 0 Å². The van der Waals surface area contributed by atoms with Crippen molar-refractivity contribution in [3.8, 4) is 0 Å². The van der Waals surface area contributed by atoms with Crippen molar-refractivity contribution in [1.29, 1.82) is 0 Å². The Morgan fingerprint density at radius 3 is 3.00 bits per heavy atom. The van der Waals surface area contributed by atoms with Gasteiger partial charge in [0.15, 0.2) is 0 Å². The number of nitrogens with zero attached hydrogens (tertiary/aromatic N) is 1. The second kappa shape index (κ2) is 2.97. The Balaban J connectivity index is 2.55. The van der Waals surface area contributed by atoms with Gasteiger partial charge in [0.05, 0.1) is 11.0 Å². The highest BCUT2D eigenvalue weighted by Gasteiger charge is 2.05. The molecule has 0 saturated heterocycles. The molecule has 2 heterocycles. The highest BCUT2D eigenvalue weighted by molar-refractivity contribution is 6.31. The molecule has 0 aliphatic heterocycles. The van der Waals surface area contributed by atoms with Crippen LogP contribution in [-0.4, -0.2) is 9.97 Å². The Bertz CT molecular complexity index is 655. The molecular weight excluding hydrogens is 208 g/mol. The van der Waals surface area contributed by atoms with Gasteiger partial charge in [0.1, 0.15) is 0 Å². The normalized spacial score (nSPS) is 11.3. The Morgan fingerprint density at radius 1 is 1.27 bits per heavy atom. The molecule has 3 heteroatoms. The van der Waals surface area contributed by atoms with Crippen LogP contribution in [0.3, 0.4) is 0 Å². The monoisotopic (exact) mass is 216 g/mol. The first-order chi connectivity index (χ1) is 7.25. The summed E-state index contributed by atoms with van der Waals surface area (Å²) in [5.41, 5.74) is 3.28. The quantitative estimate of drug-likeness (QED) is 0.610. The SMILES string of the molecule is Cc1c[nH]c2c1cnc1cc(Cl)ccc12. The molecule has 1 aromatic carbocycles. The van der Waals surface area contributed by atoms with Crippen molar-refractivity contribution in [2.45, 2.75) is 6.92 Å². The van der Waals surface area contributed by atoms with Gasteiger partial charge < -0.3 is 4.98 Å². The molecule has 0 bridgehead atoms. The topological polar surface area (TPSA) is 28.7 Å². The molecule has 0 spiro atoms. The largest absolute Gasteiger partial charge is 0.360 e. The summed E-state index contributed by atoms with van der Waals surface area (Å²) in [6.07, 6.45) is 3.89. The molecule has 0 radical (unpaired) electrons. The average molecular weight is 217 g/mol. The molecule has 74 valence electrons. The van der Waals surface area contributed by atoms with Crippen molar-refractivity contribution >= 4 is 33.4 Å². The smallest absolute Gasteiger partial charge is 0.0738 e. The summed E-state index contributed by atoms with van der Waals surface area (Å²) in [6.45, 7) is 2.07. The van der Waals surface area contributed by atoms with Gasteiger partial charge >= 0.3 is 0 Å². The van der Waals surface area contributed by atoms with Crippen LogP contribution in [0, 0.1) is 6.92 Å². The van der Waals surface area contributed by atoms with Crippen molar-refractivity contribution in [2.24, 2.45) is 0 Å². The molecule has 2 nitrogen and oxygen atoms in total. The van der Waals surface area contributed by atoms with Gasteiger partial charge in [-0.2, -0.15) is 0 Å². The van der Waals surface area contributed by atoms with E-state index in [1.807, 2.05) is 30.6 Å². The zero-order valence-electron chi connectivity index (χ0n) is 8.21. The number of H-pyrrole nitrogens is 1. The van der Waals surface area contributed by atoms with Gasteiger partial charge in [-0.15, -0.1) is 0 Å². The lowest BCUT2D eigenvalue weighted by Crippen LogP contribution is -1.80. The molecule has 0 aliphatic carbocycles. The predicted molar refractivity (Wildman–Crippen MR) is 63.3 cm³/mol. The third-order valence-corrected chi connectivity index (χ3v) is 2.92. The number of benzene rings is 1. The summed E-state index contributed by atoms with van der Waals surface area (Å²) in [7, 11) is 0. The van der Waals surface area contributed by atoms with E-state index in [2.05, 4.69) is 16.9 Å². The first-order valence-corrected chi connectivity index (χ1v) is 5.15. The summed E-state index contributed by atoms with van der Waals surface area (Å²) < 4.78 is 0. The summed E-state index contributed by atoms with van der Waals surface area (Å²) in [4.78, 5) is 7.67. The van der Waals surface area contributed by atoms with E-state index in [-0.39, 0.29) is 0 Å². The first kappa shape index (κ1) is 8.74. The molecule has 3 rings (SSSR count). The fourth-order valence-electron chi connectivity index (χ4n) is 1.88. The van der Waals surface area contributed by atoms with E-state index >= 15 is 0 Å². The van der Waals surface area contributed by atoms with Gasteiger partial charge in [-0.05, 0) is 30.7 Å². The number of aromatic amines is 1. The molecule has 2 aromatic heterocycles. The molecule has 0 unspecified atom stereocenters. The van der Waals surface area contributed by atoms with E-state index in [4.69, 9.17) is 11.6 Å². The maximum atomic E-state index is 5.92. The Morgan fingerprint density at radius 2 is 2.13 bits per heavy atom. The standard InChI is InChI=1S/C12H9ClN2/c1-7-5-15-12-9-3-2-8(13)4-11(9)14-6-10(7)12/h2-6,15H,1H3. The molecule has 3 aromatic rings. The van der Waals surface area contributed by atoms with Crippen LogP contribution in [0.25, 0.3) is 21.8 Å². The predicted octanol–water partition coefficient (Wildman–Crippen LogP) is 3.68. The van der Waals surface area contributed by atoms with Gasteiger partial charge in [-0.1, -0.05) is 11.6 Å². The van der Waals surface area contributed by atoms with Crippen LogP contribution in [0.1, 0.15) is 5.56 Å². The van der Waals surface area contributed by atoms with Gasteiger partial charge in [-0.3, -0.25) is 4.98 Å². The molecule has 0 saturated carbocycles. The van der Waals surface area contributed by atoms with E-state index in [1.165, 1.54) is 10.9 Å². The van der Waals surface area contributed by atoms with E-state index in [1.54, 1.807) is 0 Å². The second-order valence-electron chi connectivity index (χ2n) is 3.68. The van der Waals surface area contributed by atoms with E-state index in [0.29, 0.717) is 0 Å². The van der Waals surface area contributed by atoms with Gasteiger partial charge in [0, 0.05) is 28.2 Å². The van der Waals surface area contributed by atoms with Crippen molar-refractivity contribution < 1.29 is 0 Å². The van der Waals surface area contributed by atoms with Crippen LogP contribution in [0.15, 0.2) is 30.6 Å². The Labute approximate surface area is 91.9 Å². The summed E-state index contributed by atoms with van der Waals surface area (Å²) in [5, 5.41) is 3.01. The van der Waals surface area contributed by atoms with E-state index < -0.39 is 0 Å². The van der Waals surface area contributed by atoms with E-state index in [0.717, 1.165) is 21.4 Å². The van der Waals surface area contributed by atoms with Crippen LogP contribution >= 0.6 is 11.6 Å². The number of pyridine rings is 1. The summed E-state index contributed by atoms with van der Waals surface area (Å²) >= 11 is 5.92. The number of fused-ring (bicyclic) bond motifs is 3. The van der Waals surface area contributed by atoms with Crippen molar-refractivity contribution in [2.75, 3.05) is 0 Å². The van der Waals surface area contributed by atoms with Crippen molar-refractivity contribution in [1.82, 2.24) is 9.97 Å². The lowest BCUT2D eigenvalue weighted by Gasteiger charge is -1.99. The minimum Gasteiger partial charge on any atom is -0.360 e. The molecular formula is C12H9ClN2. The zero-order valence-corrected chi connectivity index (χ0v) is 8.97. The van der Waals surface area contributed by atoms with Crippen LogP contribution < -0.4 is 0 Å². The van der Waals surface area contributed by atoms with E-state index in [9.17, 15) is 0 Å². The number of hydrogen-bond acceptors (Lipinski definition) is 1. The molecule has 1 N–H and O–H groups in total. The number of rotatable bonds is 0. The van der Waals surface area contributed by atoms with Crippen molar-refractivity contribution in [3.05, 3.63) is 41.2 Å². The van der Waals surface area contributed by atoms with Crippen LogP contribution in [0.2, 0.25) is 5.02 Å². The molecule has 15 heavy (non-hydrogen) atoms. The second-order valence-corrected chi connectivity index (χ2v) is 4.12. The Hall–Kier alpha value is -1.54. The lowest BCUT2D eigenvalue weighted by molar-refractivity contribution is 1.43. The lowest BCUT2D eigenvalue weighted by atomic mass is 10.1. The number of aryl methyl sites for hydroxylation is 1. The summed E-state index contributed by atoms with van der Waals surface area (Å²) in [6, 6.07) is 5.77. The fraction of sp³-hybridized carbons (Fsp3) is 0.0833. The first-order valence-electron chi connectivity index (χ1n) is 4.77. The third kappa shape index (κ3) is 1.22. The van der Waals surface area contributed by atoms with Gasteiger partial charge in [0.2, 0.25) is 0 Å². The highest BCUT2D eigenvalue weighted by Crippen LogP contribution is 2.26. The number of halogens is 1. The minimum atomic E-state index is 0.720. The molecule has 0 amide bonds. The maximum Gasteiger partial charge on any atom is 0.0738 e. The van der Waals surface area contributed by atoms with Crippen molar-refractivity contribution in [3.63, 3.8) is 0 Å².